The molecule has 0 saturated heterocycles. The Labute approximate surface area is 108 Å². The minimum atomic E-state index is -0.283. The molecule has 4 nitrogen and oxygen atoms in total. The van der Waals surface area contributed by atoms with Crippen LogP contribution < -0.4 is 5.32 Å². The first-order chi connectivity index (χ1) is 8.16. The minimum Gasteiger partial charge on any atom is -0.451 e. The van der Waals surface area contributed by atoms with Crippen LogP contribution in [0.2, 0.25) is 10.0 Å². The van der Waals surface area contributed by atoms with Crippen LogP contribution in [0.5, 0.6) is 0 Å². The van der Waals surface area contributed by atoms with Gasteiger partial charge in [-0.15, -0.1) is 0 Å². The van der Waals surface area contributed by atoms with Crippen LogP contribution in [-0.2, 0) is 6.54 Å². The van der Waals surface area contributed by atoms with Crippen LogP contribution in [0.15, 0.2) is 35.3 Å². The van der Waals surface area contributed by atoms with Gasteiger partial charge in [0.25, 0.3) is 5.91 Å². The highest BCUT2D eigenvalue weighted by Gasteiger charge is 2.10. The van der Waals surface area contributed by atoms with Crippen LogP contribution in [0.4, 0.5) is 0 Å². The van der Waals surface area contributed by atoms with E-state index in [1.807, 2.05) is 0 Å². The molecule has 88 valence electrons. The molecule has 1 aromatic heterocycles. The lowest BCUT2D eigenvalue weighted by Gasteiger charge is -2.05. The van der Waals surface area contributed by atoms with E-state index in [1.54, 1.807) is 12.1 Å². The Balaban J connectivity index is 2.04. The van der Waals surface area contributed by atoms with Crippen molar-refractivity contribution in [3.8, 4) is 0 Å². The molecule has 0 unspecified atom stereocenters. The summed E-state index contributed by atoms with van der Waals surface area (Å²) in [6, 6.07) is 4.70. The molecule has 6 heteroatoms. The molecule has 0 bridgehead atoms. The van der Waals surface area contributed by atoms with Crippen LogP contribution in [0, 0.1) is 0 Å². The molecule has 0 fully saturated rings. The van der Waals surface area contributed by atoms with Gasteiger partial charge in [0.05, 0.1) is 22.8 Å². The summed E-state index contributed by atoms with van der Waals surface area (Å²) in [5.41, 5.74) is 1.02. The molecule has 0 atom stereocenters. The number of oxazole rings is 1. The highest BCUT2D eigenvalue weighted by molar-refractivity contribution is 6.36. The number of hydrogen-bond acceptors (Lipinski definition) is 3. The molecule has 0 aliphatic heterocycles. The normalized spacial score (nSPS) is 10.2. The summed E-state index contributed by atoms with van der Waals surface area (Å²) in [6.45, 7) is 0.286. The molecule has 0 aliphatic rings. The summed E-state index contributed by atoms with van der Waals surface area (Å²) in [4.78, 5) is 15.7. The van der Waals surface area contributed by atoms with E-state index in [0.717, 1.165) is 0 Å². The summed E-state index contributed by atoms with van der Waals surface area (Å²) in [5, 5.41) is 3.48. The third-order valence-corrected chi connectivity index (χ3v) is 2.64. The Kier molecular flexibility index (Phi) is 3.66. The molecular formula is C11H8Cl2N2O2. The number of amides is 1. The van der Waals surface area contributed by atoms with Crippen molar-refractivity contribution >= 4 is 29.1 Å². The first kappa shape index (κ1) is 12.0. The first-order valence-corrected chi connectivity index (χ1v) is 5.53. The van der Waals surface area contributed by atoms with Crippen molar-refractivity contribution in [3.63, 3.8) is 0 Å². The predicted molar refractivity (Wildman–Crippen MR) is 64.1 cm³/mol. The zero-order valence-electron chi connectivity index (χ0n) is 8.61. The number of rotatable bonds is 3. The van der Waals surface area contributed by atoms with Gasteiger partial charge in [-0.05, 0) is 18.2 Å². The quantitative estimate of drug-likeness (QED) is 0.933. The molecule has 2 rings (SSSR count). The molecule has 17 heavy (non-hydrogen) atoms. The number of nitrogens with one attached hydrogen (secondary N) is 1. The zero-order valence-corrected chi connectivity index (χ0v) is 10.1. The van der Waals surface area contributed by atoms with E-state index >= 15 is 0 Å². The second kappa shape index (κ2) is 5.21. The van der Waals surface area contributed by atoms with Crippen LogP contribution in [0.1, 0.15) is 16.1 Å². The Morgan fingerprint density at radius 1 is 1.41 bits per heavy atom. The Hall–Kier alpha value is -1.52. The van der Waals surface area contributed by atoms with Crippen LogP contribution in [-0.4, -0.2) is 10.9 Å². The number of hydrogen-bond donors (Lipinski definition) is 1. The molecule has 1 N–H and O–H groups in total. The number of aromatic nitrogens is 1. The van der Waals surface area contributed by atoms with Crippen molar-refractivity contribution in [2.75, 3.05) is 0 Å². The summed E-state index contributed by atoms with van der Waals surface area (Å²) < 4.78 is 4.79. The number of nitrogens with zero attached hydrogens (tertiary/aromatic N) is 1. The van der Waals surface area contributed by atoms with Gasteiger partial charge in [-0.1, -0.05) is 23.2 Å². The second-order valence-corrected chi connectivity index (χ2v) is 4.13. The summed E-state index contributed by atoms with van der Waals surface area (Å²) in [5.74, 6) is -0.283. The van der Waals surface area contributed by atoms with Crippen LogP contribution in [0.3, 0.4) is 0 Å². The van der Waals surface area contributed by atoms with Gasteiger partial charge in [-0.25, -0.2) is 4.98 Å². The molecule has 0 radical (unpaired) electrons. The monoisotopic (exact) mass is 270 g/mol. The first-order valence-electron chi connectivity index (χ1n) is 4.77. The standard InChI is InChI=1S/C11H8Cl2N2O2/c12-7-1-2-9(10(13)3-7)11(16)14-4-8-5-17-6-15-8/h1-3,5-6H,4H2,(H,14,16). The lowest BCUT2D eigenvalue weighted by atomic mass is 10.2. The highest BCUT2D eigenvalue weighted by Crippen LogP contribution is 2.20. The maximum Gasteiger partial charge on any atom is 0.253 e. The zero-order chi connectivity index (χ0) is 12.3. The fourth-order valence-electron chi connectivity index (χ4n) is 1.26. The number of benzene rings is 1. The molecular weight excluding hydrogens is 263 g/mol. The fraction of sp³-hybridized carbons (Fsp3) is 0.0909. The van der Waals surface area contributed by atoms with Crippen molar-refractivity contribution in [1.29, 1.82) is 0 Å². The van der Waals surface area contributed by atoms with E-state index in [-0.39, 0.29) is 12.5 Å². The van der Waals surface area contributed by atoms with E-state index in [4.69, 9.17) is 27.6 Å². The number of carbonyl (C=O) groups excluding carboxylic acids is 1. The third-order valence-electron chi connectivity index (χ3n) is 2.09. The smallest absolute Gasteiger partial charge is 0.253 e. The van der Waals surface area contributed by atoms with Gasteiger partial charge >= 0.3 is 0 Å². The molecule has 2 aromatic rings. The van der Waals surface area contributed by atoms with E-state index in [0.29, 0.717) is 21.3 Å². The van der Waals surface area contributed by atoms with Crippen LogP contribution in [0.25, 0.3) is 0 Å². The molecule has 0 saturated carbocycles. The average Bonchev–Trinajstić information content (AvgIpc) is 2.78. The molecule has 1 amide bonds. The van der Waals surface area contributed by atoms with Crippen molar-refractivity contribution in [1.82, 2.24) is 10.3 Å². The Morgan fingerprint density at radius 2 is 2.24 bits per heavy atom. The summed E-state index contributed by atoms with van der Waals surface area (Å²) in [7, 11) is 0. The predicted octanol–water partition coefficient (Wildman–Crippen LogP) is 2.91. The SMILES string of the molecule is O=C(NCc1cocn1)c1ccc(Cl)cc1Cl. The van der Waals surface area contributed by atoms with Gasteiger partial charge in [-0.2, -0.15) is 0 Å². The van der Waals surface area contributed by atoms with Gasteiger partial charge in [0.1, 0.15) is 6.26 Å². The van der Waals surface area contributed by atoms with Crippen LogP contribution >= 0.6 is 23.2 Å². The molecule has 1 heterocycles. The maximum absolute atomic E-state index is 11.8. The molecule has 1 aromatic carbocycles. The van der Waals surface area contributed by atoms with Gasteiger partial charge in [0.2, 0.25) is 0 Å². The Morgan fingerprint density at radius 3 is 2.88 bits per heavy atom. The highest BCUT2D eigenvalue weighted by atomic mass is 35.5. The van der Waals surface area contributed by atoms with Gasteiger partial charge in [0, 0.05) is 5.02 Å². The largest absolute Gasteiger partial charge is 0.451 e. The number of carbonyl (C=O) groups is 1. The van der Waals surface area contributed by atoms with E-state index in [2.05, 4.69) is 10.3 Å². The van der Waals surface area contributed by atoms with E-state index < -0.39 is 0 Å². The number of halogens is 2. The van der Waals surface area contributed by atoms with Gasteiger partial charge in [0.15, 0.2) is 6.39 Å². The lowest BCUT2D eigenvalue weighted by molar-refractivity contribution is 0.0950. The van der Waals surface area contributed by atoms with Crippen molar-refractivity contribution in [3.05, 3.63) is 52.2 Å². The van der Waals surface area contributed by atoms with E-state index in [1.165, 1.54) is 18.7 Å². The van der Waals surface area contributed by atoms with Crippen molar-refractivity contribution in [2.45, 2.75) is 6.54 Å². The summed E-state index contributed by atoms with van der Waals surface area (Å²) in [6.07, 6.45) is 2.76. The van der Waals surface area contributed by atoms with E-state index in [9.17, 15) is 4.79 Å². The Bertz CT molecular complexity index is 526. The lowest BCUT2D eigenvalue weighted by Crippen LogP contribution is -2.23. The second-order valence-electron chi connectivity index (χ2n) is 3.29. The van der Waals surface area contributed by atoms with Gasteiger partial charge < -0.3 is 9.73 Å². The molecule has 0 aliphatic carbocycles. The van der Waals surface area contributed by atoms with Crippen molar-refractivity contribution < 1.29 is 9.21 Å². The fourth-order valence-corrected chi connectivity index (χ4v) is 1.76. The van der Waals surface area contributed by atoms with Crippen molar-refractivity contribution in [2.24, 2.45) is 0 Å². The van der Waals surface area contributed by atoms with Gasteiger partial charge in [-0.3, -0.25) is 4.79 Å². The maximum atomic E-state index is 11.8. The average molecular weight is 271 g/mol. The topological polar surface area (TPSA) is 55.1 Å². The molecule has 0 spiro atoms. The summed E-state index contributed by atoms with van der Waals surface area (Å²) >= 11 is 11.6. The third kappa shape index (κ3) is 2.99. The minimum absolute atomic E-state index is 0.283.